The van der Waals surface area contributed by atoms with Gasteiger partial charge in [0, 0.05) is 18.3 Å². The van der Waals surface area contributed by atoms with Crippen LogP contribution in [-0.4, -0.2) is 52.5 Å². The van der Waals surface area contributed by atoms with Crippen molar-refractivity contribution in [2.24, 2.45) is 0 Å². The summed E-state index contributed by atoms with van der Waals surface area (Å²) < 4.78 is 0. The Morgan fingerprint density at radius 1 is 1.17 bits per heavy atom. The molecular formula is C13H19N4O6-. The van der Waals surface area contributed by atoms with Crippen molar-refractivity contribution >= 4 is 17.9 Å². The normalized spacial score (nSPS) is 14.8. The van der Waals surface area contributed by atoms with Crippen LogP contribution in [0, 0.1) is 0 Å². The fourth-order valence-electron chi connectivity index (χ4n) is 2.09. The number of aliphatic carboxylic acids is 3. The molecule has 10 heteroatoms. The van der Waals surface area contributed by atoms with Gasteiger partial charge in [-0.15, -0.1) is 0 Å². The molecule has 0 saturated heterocycles. The second kappa shape index (κ2) is 8.86. The van der Waals surface area contributed by atoms with E-state index >= 15 is 0 Å². The van der Waals surface area contributed by atoms with Gasteiger partial charge in [-0.05, 0) is 6.92 Å². The summed E-state index contributed by atoms with van der Waals surface area (Å²) in [5.41, 5.74) is 0.615. The Labute approximate surface area is 131 Å². The highest BCUT2D eigenvalue weighted by atomic mass is 16.4. The zero-order valence-electron chi connectivity index (χ0n) is 12.6. The Balaban J connectivity index is 2.50. The number of aromatic amines is 1. The molecule has 0 saturated carbocycles. The minimum absolute atomic E-state index is 0.0344. The van der Waals surface area contributed by atoms with E-state index in [4.69, 9.17) is 0 Å². The zero-order chi connectivity index (χ0) is 17.4. The van der Waals surface area contributed by atoms with Crippen molar-refractivity contribution in [1.29, 1.82) is 0 Å². The van der Waals surface area contributed by atoms with E-state index in [0.29, 0.717) is 5.69 Å². The van der Waals surface area contributed by atoms with E-state index in [1.165, 1.54) is 24.8 Å². The number of carbonyl (C=O) groups is 3. The zero-order valence-corrected chi connectivity index (χ0v) is 12.6. The molecule has 0 aliphatic heterocycles. The number of H-pyrrole nitrogens is 1. The van der Waals surface area contributed by atoms with Crippen molar-refractivity contribution < 1.29 is 40.3 Å². The summed E-state index contributed by atoms with van der Waals surface area (Å²) in [5, 5.41) is 35.3. The van der Waals surface area contributed by atoms with Gasteiger partial charge < -0.3 is 45.3 Å². The Hall–Kier alpha value is -2.46. The number of hydrogen-bond acceptors (Lipinski definition) is 7. The smallest absolute Gasteiger partial charge is 0.132 e. The van der Waals surface area contributed by atoms with Gasteiger partial charge in [0.25, 0.3) is 0 Å². The Morgan fingerprint density at radius 3 is 2.30 bits per heavy atom. The first kappa shape index (κ1) is 18.6. The fourth-order valence-corrected chi connectivity index (χ4v) is 2.09. The number of carboxylic acids is 3. The number of imidazole rings is 1. The number of rotatable bonds is 11. The molecule has 0 aliphatic carbocycles. The van der Waals surface area contributed by atoms with E-state index < -0.39 is 36.0 Å². The Morgan fingerprint density at radius 2 is 1.83 bits per heavy atom. The first-order chi connectivity index (χ1) is 10.8. The van der Waals surface area contributed by atoms with E-state index in [0.717, 1.165) is 5.32 Å². The number of carbonyl (C=O) groups excluding carboxylic acids is 3. The lowest BCUT2D eigenvalue weighted by Gasteiger charge is -2.22. The van der Waals surface area contributed by atoms with E-state index in [2.05, 4.69) is 9.97 Å². The molecule has 5 N–H and O–H groups in total. The molecule has 128 valence electrons. The summed E-state index contributed by atoms with van der Waals surface area (Å²) in [4.78, 5) is 39.3. The van der Waals surface area contributed by atoms with Crippen LogP contribution in [0.25, 0.3) is 0 Å². The van der Waals surface area contributed by atoms with E-state index in [9.17, 15) is 29.7 Å². The lowest BCUT2D eigenvalue weighted by molar-refractivity contribution is -0.723. The maximum Gasteiger partial charge on any atom is 0.132 e. The number of hydrogen-bond donors (Lipinski definition) is 3. The third-order valence-corrected chi connectivity index (χ3v) is 3.42. The molecule has 23 heavy (non-hydrogen) atoms. The second-order valence-electron chi connectivity index (χ2n) is 5.25. The van der Waals surface area contributed by atoms with Gasteiger partial charge in [-0.2, -0.15) is 0 Å². The van der Waals surface area contributed by atoms with Crippen LogP contribution in [0.4, 0.5) is 0 Å². The molecule has 3 atom stereocenters. The highest BCUT2D eigenvalue weighted by Gasteiger charge is 2.21. The topological polar surface area (TPSA) is 182 Å². The lowest BCUT2D eigenvalue weighted by Crippen LogP contribution is -3.01. The molecule has 0 aromatic carbocycles. The maximum absolute atomic E-state index is 11.1. The van der Waals surface area contributed by atoms with Crippen molar-refractivity contribution in [3.05, 3.63) is 18.2 Å². The molecule has 0 radical (unpaired) electrons. The van der Waals surface area contributed by atoms with Crippen molar-refractivity contribution in [3.63, 3.8) is 0 Å². The molecule has 0 fully saturated rings. The largest absolute Gasteiger partial charge is 0.544 e. The second-order valence-corrected chi connectivity index (χ2v) is 5.25. The van der Waals surface area contributed by atoms with Crippen LogP contribution in [0.1, 0.15) is 19.0 Å². The molecule has 0 spiro atoms. The van der Waals surface area contributed by atoms with Crippen LogP contribution >= 0.6 is 0 Å². The number of nitrogens with zero attached hydrogens (tertiary/aromatic N) is 1. The molecular weight excluding hydrogens is 308 g/mol. The van der Waals surface area contributed by atoms with Gasteiger partial charge in [0.2, 0.25) is 0 Å². The van der Waals surface area contributed by atoms with E-state index in [1.807, 2.05) is 0 Å². The number of quaternary nitrogens is 2. The van der Waals surface area contributed by atoms with E-state index in [-0.39, 0.29) is 19.4 Å². The van der Waals surface area contributed by atoms with Crippen LogP contribution < -0.4 is 26.0 Å². The molecule has 1 heterocycles. The van der Waals surface area contributed by atoms with Crippen molar-refractivity contribution in [3.8, 4) is 0 Å². The third kappa shape index (κ3) is 6.45. The van der Waals surface area contributed by atoms with Gasteiger partial charge in [-0.25, -0.2) is 4.98 Å². The summed E-state index contributed by atoms with van der Waals surface area (Å²) >= 11 is 0. The van der Waals surface area contributed by atoms with Gasteiger partial charge in [-0.3, -0.25) is 0 Å². The SMILES string of the molecule is CC([NH2+][C@@H](CC[NH2+][C@@H](Cc1cnc[nH]1)C(=O)[O-])C(=O)[O-])C(=O)[O-]. The summed E-state index contributed by atoms with van der Waals surface area (Å²) in [5.74, 6) is -4.08. The van der Waals surface area contributed by atoms with Gasteiger partial charge in [0.05, 0.1) is 37.2 Å². The lowest BCUT2D eigenvalue weighted by atomic mass is 10.1. The van der Waals surface area contributed by atoms with Crippen molar-refractivity contribution in [2.75, 3.05) is 6.54 Å². The predicted octanol–water partition coefficient (Wildman–Crippen LogP) is -7.16. The minimum Gasteiger partial charge on any atom is -0.544 e. The molecule has 0 amide bonds. The standard InChI is InChI=1S/C13H20N4O6/c1-7(11(18)19)17-9(12(20)21)2-3-15-10(13(22)23)4-8-5-14-6-16-8/h5-7,9-10,15,17H,2-4H2,1H3,(H,14,16)(H,18,19)(H,20,21)(H,22,23)/p-1/t7?,9-,10-/m0/s1. The fraction of sp³-hybridized carbons (Fsp3) is 0.538. The van der Waals surface area contributed by atoms with Crippen LogP contribution in [0.5, 0.6) is 0 Å². The quantitative estimate of drug-likeness (QED) is 0.360. The Bertz CT molecular complexity index is 533. The van der Waals surface area contributed by atoms with Crippen LogP contribution in [0.15, 0.2) is 12.5 Å². The number of carboxylic acid groups (broad SMARTS) is 3. The average molecular weight is 327 g/mol. The first-order valence-electron chi connectivity index (χ1n) is 7.09. The molecule has 1 unspecified atom stereocenters. The summed E-state index contributed by atoms with van der Waals surface area (Å²) in [7, 11) is 0. The number of nitrogens with two attached hydrogens (primary N) is 2. The van der Waals surface area contributed by atoms with Gasteiger partial charge >= 0.3 is 0 Å². The van der Waals surface area contributed by atoms with Gasteiger partial charge in [-0.1, -0.05) is 0 Å². The number of nitrogens with one attached hydrogen (secondary N) is 1. The molecule has 1 rings (SSSR count). The molecule has 0 aliphatic rings. The van der Waals surface area contributed by atoms with Gasteiger partial charge in [0.15, 0.2) is 0 Å². The summed E-state index contributed by atoms with van der Waals surface area (Å²) in [6, 6.07) is -3.05. The van der Waals surface area contributed by atoms with Crippen LogP contribution in [0.2, 0.25) is 0 Å². The monoisotopic (exact) mass is 327 g/mol. The molecule has 0 bridgehead atoms. The van der Waals surface area contributed by atoms with Crippen molar-refractivity contribution in [1.82, 2.24) is 9.97 Å². The average Bonchev–Trinajstić information content (AvgIpc) is 2.97. The molecule has 10 nitrogen and oxygen atoms in total. The highest BCUT2D eigenvalue weighted by Crippen LogP contribution is 1.94. The van der Waals surface area contributed by atoms with Crippen molar-refractivity contribution in [2.45, 2.75) is 37.9 Å². The summed E-state index contributed by atoms with van der Waals surface area (Å²) in [6.07, 6.45) is 3.09. The highest BCUT2D eigenvalue weighted by molar-refractivity contribution is 5.71. The van der Waals surface area contributed by atoms with Crippen LogP contribution in [0.3, 0.4) is 0 Å². The maximum atomic E-state index is 11.1. The summed E-state index contributed by atoms with van der Waals surface area (Å²) in [6.45, 7) is 1.46. The van der Waals surface area contributed by atoms with Crippen LogP contribution in [-0.2, 0) is 20.8 Å². The Kier molecular flexibility index (Phi) is 7.16. The minimum atomic E-state index is -1.41. The molecule has 1 aromatic heterocycles. The predicted molar refractivity (Wildman–Crippen MR) is 67.7 cm³/mol. The number of aromatic nitrogens is 2. The van der Waals surface area contributed by atoms with Gasteiger partial charge in [0.1, 0.15) is 18.1 Å². The third-order valence-electron chi connectivity index (χ3n) is 3.42. The molecule has 1 aromatic rings. The first-order valence-corrected chi connectivity index (χ1v) is 7.09. The van der Waals surface area contributed by atoms with E-state index in [1.54, 1.807) is 0 Å².